The van der Waals surface area contributed by atoms with E-state index in [1.165, 1.54) is 64.2 Å². The molecular weight excluding hydrogens is 349 g/mol. The van der Waals surface area contributed by atoms with Gasteiger partial charge in [0.15, 0.2) is 0 Å². The first-order valence-electron chi connectivity index (χ1n) is 9.66. The van der Waals surface area contributed by atoms with E-state index in [0.717, 1.165) is 32.1 Å². The monoisotopic (exact) mass is 382 g/mol. The van der Waals surface area contributed by atoms with Crippen LogP contribution in [0.5, 0.6) is 0 Å². The Morgan fingerprint density at radius 3 is 1.32 bits per heavy atom. The second-order valence-electron chi connectivity index (χ2n) is 6.52. The van der Waals surface area contributed by atoms with Crippen molar-refractivity contribution in [3.63, 3.8) is 0 Å². The summed E-state index contributed by atoms with van der Waals surface area (Å²) in [7, 11) is -2.98. The van der Waals surface area contributed by atoms with E-state index >= 15 is 0 Å². The molecule has 0 aromatic rings. The van der Waals surface area contributed by atoms with Crippen molar-refractivity contribution in [1.82, 2.24) is 0 Å². The van der Waals surface area contributed by atoms with Gasteiger partial charge in [-0.15, -0.1) is 0 Å². The van der Waals surface area contributed by atoms with Crippen LogP contribution in [0, 0.1) is 0 Å². The molecule has 0 amide bonds. The standard InChI is InChI=1S/C18H35O5Si.Mg/c19-18(20)16-14-12-10-8-6-4-2-1-3-5-7-9-11-13-15-17-23-24(21)22;/h1-17H2,(H,19,20);/q-1;+2/p-1. The molecule has 142 valence electrons. The molecule has 0 radical (unpaired) electrons. The van der Waals surface area contributed by atoms with Crippen molar-refractivity contribution in [3.8, 4) is 0 Å². The smallest absolute Gasteiger partial charge is 0.588 e. The molecule has 0 aliphatic rings. The fourth-order valence-corrected chi connectivity index (χ4v) is 3.14. The van der Waals surface area contributed by atoms with Crippen LogP contribution in [0.2, 0.25) is 0 Å². The van der Waals surface area contributed by atoms with Crippen LogP contribution in [0.1, 0.15) is 103 Å². The molecule has 0 saturated carbocycles. The van der Waals surface area contributed by atoms with Gasteiger partial charge in [0, 0.05) is 12.6 Å². The maximum absolute atomic E-state index is 10.2. The zero-order valence-electron chi connectivity index (χ0n) is 15.8. The maximum Gasteiger partial charge on any atom is 2.00 e. The molecule has 0 bridgehead atoms. The average Bonchev–Trinajstić information content (AvgIpc) is 2.53. The SMILES string of the molecule is O=C([O-])CCCCCCCCCCCCCCCCCO[Si](=O)[O-].[Mg+2]. The van der Waals surface area contributed by atoms with E-state index in [0.29, 0.717) is 6.61 Å². The molecule has 0 aliphatic carbocycles. The van der Waals surface area contributed by atoms with E-state index in [1.54, 1.807) is 0 Å². The number of carboxylic acids is 1. The van der Waals surface area contributed by atoms with Gasteiger partial charge >= 0.3 is 32.2 Å². The topological polar surface area (TPSA) is 89.5 Å². The van der Waals surface area contributed by atoms with Crippen LogP contribution in [-0.4, -0.2) is 44.8 Å². The summed E-state index contributed by atoms with van der Waals surface area (Å²) in [6, 6.07) is 0. The van der Waals surface area contributed by atoms with Gasteiger partial charge in [0.05, 0.1) is 0 Å². The van der Waals surface area contributed by atoms with Gasteiger partial charge in [0.1, 0.15) is 0 Å². The quantitative estimate of drug-likeness (QED) is 0.253. The molecule has 25 heavy (non-hydrogen) atoms. The van der Waals surface area contributed by atoms with E-state index in [-0.39, 0.29) is 29.5 Å². The summed E-state index contributed by atoms with van der Waals surface area (Å²) in [6.45, 7) is 0.345. The molecule has 0 fully saturated rings. The van der Waals surface area contributed by atoms with Gasteiger partial charge in [-0.3, -0.25) is 0 Å². The Balaban J connectivity index is 0. The van der Waals surface area contributed by atoms with Crippen LogP contribution in [0.4, 0.5) is 0 Å². The van der Waals surface area contributed by atoms with Crippen LogP contribution >= 0.6 is 0 Å². The zero-order chi connectivity index (χ0) is 17.9. The molecule has 0 heterocycles. The summed E-state index contributed by atoms with van der Waals surface area (Å²) in [5, 5.41) is 10.2. The molecule has 0 aliphatic heterocycles. The van der Waals surface area contributed by atoms with Gasteiger partial charge in [0.2, 0.25) is 0 Å². The van der Waals surface area contributed by atoms with Crippen molar-refractivity contribution in [3.05, 3.63) is 0 Å². The minimum absolute atomic E-state index is 0. The van der Waals surface area contributed by atoms with E-state index in [9.17, 15) is 19.2 Å². The second kappa shape index (κ2) is 21.9. The molecular formula is C18H34MgO5Si. The van der Waals surface area contributed by atoms with Crippen LogP contribution in [0.15, 0.2) is 0 Å². The molecule has 0 unspecified atom stereocenters. The predicted molar refractivity (Wildman–Crippen MR) is 97.0 cm³/mol. The number of carbonyl (C=O) groups is 1. The van der Waals surface area contributed by atoms with Crippen molar-refractivity contribution in [2.24, 2.45) is 0 Å². The molecule has 5 nitrogen and oxygen atoms in total. The summed E-state index contributed by atoms with van der Waals surface area (Å²) >= 11 is 0. The minimum atomic E-state index is -2.98. The maximum atomic E-state index is 10.2. The molecule has 7 heteroatoms. The van der Waals surface area contributed by atoms with E-state index < -0.39 is 15.1 Å². The molecule has 0 aromatic carbocycles. The van der Waals surface area contributed by atoms with Crippen LogP contribution in [-0.2, 0) is 13.7 Å². The second-order valence-corrected chi connectivity index (χ2v) is 7.31. The minimum Gasteiger partial charge on any atom is -0.588 e. The largest absolute Gasteiger partial charge is 2.00 e. The number of hydrogen-bond acceptors (Lipinski definition) is 5. The predicted octanol–water partition coefficient (Wildman–Crippen LogP) is 2.39. The molecule has 0 saturated heterocycles. The molecule has 0 spiro atoms. The van der Waals surface area contributed by atoms with Crippen LogP contribution < -0.4 is 9.90 Å². The molecule has 0 aromatic heterocycles. The summed E-state index contributed by atoms with van der Waals surface area (Å²) in [6.07, 6.45) is 17.7. The summed E-state index contributed by atoms with van der Waals surface area (Å²) < 4.78 is 14.7. The van der Waals surface area contributed by atoms with Gasteiger partial charge in [0.25, 0.3) is 0 Å². The zero-order valence-corrected chi connectivity index (χ0v) is 18.2. The van der Waals surface area contributed by atoms with Crippen molar-refractivity contribution in [2.75, 3.05) is 6.61 Å². The van der Waals surface area contributed by atoms with E-state index in [2.05, 4.69) is 4.43 Å². The van der Waals surface area contributed by atoms with Crippen molar-refractivity contribution < 1.29 is 23.6 Å². The van der Waals surface area contributed by atoms with Crippen LogP contribution in [0.25, 0.3) is 0 Å². The summed E-state index contributed by atoms with van der Waals surface area (Å²) in [4.78, 5) is 20.5. The van der Waals surface area contributed by atoms with Crippen molar-refractivity contribution in [1.29, 1.82) is 0 Å². The fraction of sp³-hybridized carbons (Fsp3) is 0.944. The number of carboxylic acid groups (broad SMARTS) is 1. The number of carbonyl (C=O) groups excluding carboxylic acids is 1. The average molecular weight is 383 g/mol. The molecule has 0 N–H and O–H groups in total. The third-order valence-corrected chi connectivity index (χ3v) is 4.68. The van der Waals surface area contributed by atoms with E-state index in [1.807, 2.05) is 0 Å². The van der Waals surface area contributed by atoms with Gasteiger partial charge in [-0.2, -0.15) is 0 Å². The summed E-state index contributed by atoms with van der Waals surface area (Å²) in [5.74, 6) is -0.929. The fourth-order valence-electron chi connectivity index (χ4n) is 2.82. The first-order chi connectivity index (χ1) is 11.6. The first-order valence-corrected chi connectivity index (χ1v) is 10.9. The van der Waals surface area contributed by atoms with Crippen molar-refractivity contribution >= 4 is 38.2 Å². The van der Waals surface area contributed by atoms with E-state index in [4.69, 9.17) is 0 Å². The van der Waals surface area contributed by atoms with Gasteiger partial charge < -0.3 is 23.6 Å². The molecule has 0 rings (SSSR count). The third-order valence-electron chi connectivity index (χ3n) is 4.25. The van der Waals surface area contributed by atoms with Gasteiger partial charge in [-0.25, -0.2) is 0 Å². The molecule has 0 atom stereocenters. The number of rotatable bonds is 19. The number of hydrogen-bond donors (Lipinski definition) is 0. The van der Waals surface area contributed by atoms with Gasteiger partial charge in [-0.05, 0) is 19.3 Å². The van der Waals surface area contributed by atoms with Gasteiger partial charge in [-0.1, -0.05) is 83.5 Å². The Bertz CT molecular complexity index is 286. The Labute approximate surface area is 171 Å². The normalized spacial score (nSPS) is 10.2. The first kappa shape index (κ1) is 27.1. The Morgan fingerprint density at radius 2 is 1.00 bits per heavy atom. The van der Waals surface area contributed by atoms with Crippen LogP contribution in [0.3, 0.4) is 0 Å². The Morgan fingerprint density at radius 1 is 0.680 bits per heavy atom. The third kappa shape index (κ3) is 26.2. The van der Waals surface area contributed by atoms with Crippen molar-refractivity contribution in [2.45, 2.75) is 103 Å². The number of aliphatic carboxylic acids is 1. The number of unbranched alkanes of at least 4 members (excludes halogenated alkanes) is 14. The Kier molecular flexibility index (Phi) is 23.7. The Hall–Kier alpha value is -0.147. The summed E-state index contributed by atoms with van der Waals surface area (Å²) in [5.41, 5.74) is 0.